The van der Waals surface area contributed by atoms with Crippen molar-refractivity contribution in [3.8, 4) is 0 Å². The Bertz CT molecular complexity index is 490. The minimum Gasteiger partial charge on any atom is -0.257 e. The maximum atomic E-state index is 4.40. The van der Waals surface area contributed by atoms with Crippen LogP contribution in [0.5, 0.6) is 0 Å². The molecule has 0 bridgehead atoms. The Hall–Kier alpha value is -1.63. The number of hydrogen-bond acceptors (Lipinski definition) is 1. The molecule has 0 amide bonds. The Morgan fingerprint density at radius 3 is 2.81 bits per heavy atom. The van der Waals surface area contributed by atoms with E-state index in [0.717, 1.165) is 12.1 Å². The van der Waals surface area contributed by atoms with Gasteiger partial charge >= 0.3 is 0 Å². The standard InChI is InChI=1S/C15H17N/c1-4-5-8-16-14-7-6-13-9-11(2)12(3)15(13)10-14/h4-8,10H,9H2,1-3H3. The fourth-order valence-electron chi connectivity index (χ4n) is 2.01. The maximum absolute atomic E-state index is 4.40. The van der Waals surface area contributed by atoms with Crippen LogP contribution in [0.2, 0.25) is 0 Å². The Kier molecular flexibility index (Phi) is 3.04. The molecule has 0 atom stereocenters. The molecule has 0 aromatic heterocycles. The lowest BCUT2D eigenvalue weighted by Gasteiger charge is -2.02. The van der Waals surface area contributed by atoms with Gasteiger partial charge in [0.25, 0.3) is 0 Å². The van der Waals surface area contributed by atoms with E-state index in [9.17, 15) is 0 Å². The average Bonchev–Trinajstić information content (AvgIpc) is 2.56. The fraction of sp³-hybridized carbons (Fsp3) is 0.267. The van der Waals surface area contributed by atoms with Crippen molar-refractivity contribution in [2.75, 3.05) is 0 Å². The first kappa shape index (κ1) is 10.9. The number of hydrogen-bond donors (Lipinski definition) is 0. The van der Waals surface area contributed by atoms with Crippen LogP contribution in [0.3, 0.4) is 0 Å². The number of nitrogens with zero attached hydrogens (tertiary/aromatic N) is 1. The van der Waals surface area contributed by atoms with Gasteiger partial charge in [-0.1, -0.05) is 17.7 Å². The van der Waals surface area contributed by atoms with Gasteiger partial charge in [0.1, 0.15) is 0 Å². The Morgan fingerprint density at radius 1 is 1.25 bits per heavy atom. The highest BCUT2D eigenvalue weighted by molar-refractivity contribution is 5.79. The Morgan fingerprint density at radius 2 is 2.06 bits per heavy atom. The van der Waals surface area contributed by atoms with Crippen LogP contribution in [0.25, 0.3) is 5.57 Å². The molecule has 0 heterocycles. The molecule has 1 nitrogen and oxygen atoms in total. The third-order valence-electron chi connectivity index (χ3n) is 3.10. The molecule has 1 aliphatic carbocycles. The highest BCUT2D eigenvalue weighted by atomic mass is 14.7. The lowest BCUT2D eigenvalue weighted by molar-refractivity contribution is 1.19. The van der Waals surface area contributed by atoms with Crippen molar-refractivity contribution in [3.05, 3.63) is 47.1 Å². The first-order valence-electron chi connectivity index (χ1n) is 5.67. The van der Waals surface area contributed by atoms with Crippen LogP contribution in [-0.4, -0.2) is 6.21 Å². The molecule has 1 aliphatic rings. The van der Waals surface area contributed by atoms with Gasteiger partial charge in [0.15, 0.2) is 0 Å². The molecule has 0 saturated heterocycles. The van der Waals surface area contributed by atoms with Crippen LogP contribution in [0.4, 0.5) is 5.69 Å². The molecule has 0 N–H and O–H groups in total. The zero-order valence-electron chi connectivity index (χ0n) is 10.1. The Labute approximate surface area is 97.2 Å². The molecule has 0 radical (unpaired) electrons. The Balaban J connectivity index is 2.33. The smallest absolute Gasteiger partial charge is 0.0635 e. The SMILES string of the molecule is CC=CC=Nc1ccc2c(c1)C(C)=C(C)C2. The van der Waals surface area contributed by atoms with Crippen LogP contribution < -0.4 is 0 Å². The van der Waals surface area contributed by atoms with E-state index in [1.165, 1.54) is 22.3 Å². The summed E-state index contributed by atoms with van der Waals surface area (Å²) in [7, 11) is 0. The van der Waals surface area contributed by atoms with Crippen LogP contribution in [0.15, 0.2) is 40.9 Å². The monoisotopic (exact) mass is 211 g/mol. The van der Waals surface area contributed by atoms with Gasteiger partial charge in [-0.25, -0.2) is 0 Å². The molecular weight excluding hydrogens is 194 g/mol. The van der Waals surface area contributed by atoms with E-state index in [1.54, 1.807) is 0 Å². The van der Waals surface area contributed by atoms with Crippen LogP contribution >= 0.6 is 0 Å². The molecular formula is C15H17N. The van der Waals surface area contributed by atoms with E-state index in [4.69, 9.17) is 0 Å². The average molecular weight is 211 g/mol. The van der Waals surface area contributed by atoms with Gasteiger partial charge in [0.2, 0.25) is 0 Å². The number of allylic oxidation sites excluding steroid dienone is 4. The van der Waals surface area contributed by atoms with Crippen molar-refractivity contribution in [1.82, 2.24) is 0 Å². The molecule has 1 aromatic rings. The van der Waals surface area contributed by atoms with Crippen molar-refractivity contribution < 1.29 is 0 Å². The van der Waals surface area contributed by atoms with Crippen molar-refractivity contribution in [3.63, 3.8) is 0 Å². The van der Waals surface area contributed by atoms with Gasteiger partial charge in [-0.15, -0.1) is 0 Å². The highest BCUT2D eigenvalue weighted by Crippen LogP contribution is 2.34. The van der Waals surface area contributed by atoms with Gasteiger partial charge in [-0.2, -0.15) is 0 Å². The number of benzene rings is 1. The van der Waals surface area contributed by atoms with E-state index in [0.29, 0.717) is 0 Å². The maximum Gasteiger partial charge on any atom is 0.0635 e. The topological polar surface area (TPSA) is 12.4 Å². The molecule has 0 spiro atoms. The number of rotatable bonds is 2. The molecule has 0 aliphatic heterocycles. The van der Waals surface area contributed by atoms with Crippen LogP contribution in [0.1, 0.15) is 31.9 Å². The fourth-order valence-corrected chi connectivity index (χ4v) is 2.01. The van der Waals surface area contributed by atoms with E-state index in [2.05, 4.69) is 37.0 Å². The summed E-state index contributed by atoms with van der Waals surface area (Å²) in [5, 5.41) is 0. The van der Waals surface area contributed by atoms with Gasteiger partial charge in [0.05, 0.1) is 5.69 Å². The third-order valence-corrected chi connectivity index (χ3v) is 3.10. The first-order chi connectivity index (χ1) is 7.72. The van der Waals surface area contributed by atoms with Crippen molar-refractivity contribution in [2.24, 2.45) is 4.99 Å². The minimum absolute atomic E-state index is 1.03. The zero-order chi connectivity index (χ0) is 11.5. The van der Waals surface area contributed by atoms with Crippen LogP contribution in [-0.2, 0) is 6.42 Å². The molecule has 2 rings (SSSR count). The second kappa shape index (κ2) is 4.48. The second-order valence-electron chi connectivity index (χ2n) is 4.23. The molecule has 0 saturated carbocycles. The van der Waals surface area contributed by atoms with E-state index in [-0.39, 0.29) is 0 Å². The number of aliphatic imine (C=N–C) groups is 1. The van der Waals surface area contributed by atoms with Crippen molar-refractivity contribution >= 4 is 17.5 Å². The summed E-state index contributed by atoms with van der Waals surface area (Å²) in [6, 6.07) is 6.46. The predicted molar refractivity (Wildman–Crippen MR) is 71.4 cm³/mol. The summed E-state index contributed by atoms with van der Waals surface area (Å²) in [5.41, 5.74) is 6.72. The summed E-state index contributed by atoms with van der Waals surface area (Å²) in [6.07, 6.45) is 6.86. The summed E-state index contributed by atoms with van der Waals surface area (Å²) in [4.78, 5) is 4.40. The summed E-state index contributed by atoms with van der Waals surface area (Å²) in [6.45, 7) is 6.39. The predicted octanol–water partition coefficient (Wildman–Crippen LogP) is 4.31. The first-order valence-corrected chi connectivity index (χ1v) is 5.67. The van der Waals surface area contributed by atoms with E-state index in [1.807, 2.05) is 25.3 Å². The molecule has 82 valence electrons. The quantitative estimate of drug-likeness (QED) is 0.646. The summed E-state index contributed by atoms with van der Waals surface area (Å²) < 4.78 is 0. The minimum atomic E-state index is 1.03. The molecule has 0 unspecified atom stereocenters. The normalized spacial score (nSPS) is 15.4. The summed E-state index contributed by atoms with van der Waals surface area (Å²) in [5.74, 6) is 0. The largest absolute Gasteiger partial charge is 0.257 e. The third kappa shape index (κ3) is 1.99. The number of fused-ring (bicyclic) bond motifs is 1. The molecule has 1 aromatic carbocycles. The van der Waals surface area contributed by atoms with Gasteiger partial charge in [0, 0.05) is 6.21 Å². The van der Waals surface area contributed by atoms with Crippen molar-refractivity contribution in [1.29, 1.82) is 0 Å². The van der Waals surface area contributed by atoms with Gasteiger partial charge in [-0.3, -0.25) is 4.99 Å². The molecule has 0 fully saturated rings. The van der Waals surface area contributed by atoms with Crippen LogP contribution in [0, 0.1) is 0 Å². The summed E-state index contributed by atoms with van der Waals surface area (Å²) >= 11 is 0. The molecule has 16 heavy (non-hydrogen) atoms. The van der Waals surface area contributed by atoms with Gasteiger partial charge < -0.3 is 0 Å². The lowest BCUT2D eigenvalue weighted by Crippen LogP contribution is -1.82. The molecule has 1 heteroatoms. The second-order valence-corrected chi connectivity index (χ2v) is 4.23. The van der Waals surface area contributed by atoms with E-state index < -0.39 is 0 Å². The van der Waals surface area contributed by atoms with Crippen molar-refractivity contribution in [2.45, 2.75) is 27.2 Å². The van der Waals surface area contributed by atoms with Gasteiger partial charge in [-0.05, 0) is 62.1 Å². The zero-order valence-corrected chi connectivity index (χ0v) is 10.1. The highest BCUT2D eigenvalue weighted by Gasteiger charge is 2.15. The van der Waals surface area contributed by atoms with E-state index >= 15 is 0 Å². The lowest BCUT2D eigenvalue weighted by atomic mass is 10.1.